The Morgan fingerprint density at radius 1 is 1.19 bits per heavy atom. The molecular weight excluding hydrogens is 342 g/mol. The van der Waals surface area contributed by atoms with Gasteiger partial charge >= 0.3 is 0 Å². The van der Waals surface area contributed by atoms with E-state index in [-0.39, 0.29) is 24.0 Å². The van der Waals surface area contributed by atoms with Crippen molar-refractivity contribution in [2.24, 2.45) is 0 Å². The Hall–Kier alpha value is -2.22. The highest BCUT2D eigenvalue weighted by molar-refractivity contribution is 9.10. The lowest BCUT2D eigenvalue weighted by Gasteiger charge is -2.27. The number of hydrogen-bond donors (Lipinski definition) is 2. The van der Waals surface area contributed by atoms with Crippen LogP contribution in [0.2, 0.25) is 0 Å². The average Bonchev–Trinajstić information content (AvgIpc) is 2.72. The van der Waals surface area contributed by atoms with Gasteiger partial charge in [0.2, 0.25) is 11.8 Å². The molecule has 4 amide bonds. The number of benzene rings is 1. The highest BCUT2D eigenvalue weighted by Crippen LogP contribution is 2.32. The molecule has 108 valence electrons. The molecule has 1 aromatic rings. The molecule has 0 bridgehead atoms. The molecule has 2 heterocycles. The Bertz CT molecular complexity index is 688. The molecule has 0 aromatic heterocycles. The van der Waals surface area contributed by atoms with Gasteiger partial charge in [-0.25, -0.2) is 0 Å². The monoisotopic (exact) mass is 351 g/mol. The number of carbonyl (C=O) groups excluding carboxylic acids is 4. The summed E-state index contributed by atoms with van der Waals surface area (Å²) >= 11 is 3.04. The fourth-order valence-electron chi connectivity index (χ4n) is 2.59. The maximum atomic E-state index is 12.5. The zero-order chi connectivity index (χ0) is 15.1. The molecule has 7 nitrogen and oxygen atoms in total. The first-order valence-corrected chi connectivity index (χ1v) is 7.05. The van der Waals surface area contributed by atoms with Gasteiger partial charge in [-0.15, -0.1) is 0 Å². The van der Waals surface area contributed by atoms with E-state index in [1.54, 1.807) is 12.1 Å². The first kappa shape index (κ1) is 13.7. The van der Waals surface area contributed by atoms with Crippen LogP contribution in [0, 0.1) is 0 Å². The molecule has 0 radical (unpaired) electrons. The summed E-state index contributed by atoms with van der Waals surface area (Å²) in [6, 6.07) is 3.88. The van der Waals surface area contributed by atoms with E-state index in [0.29, 0.717) is 5.69 Å². The van der Waals surface area contributed by atoms with Gasteiger partial charge in [0.05, 0.1) is 16.8 Å². The van der Waals surface area contributed by atoms with Crippen molar-refractivity contribution >= 4 is 45.5 Å². The zero-order valence-electron chi connectivity index (χ0n) is 10.7. The van der Waals surface area contributed by atoms with Gasteiger partial charge in [-0.3, -0.25) is 29.4 Å². The van der Waals surface area contributed by atoms with Gasteiger partial charge < -0.3 is 4.34 Å². The van der Waals surface area contributed by atoms with Crippen LogP contribution in [0.15, 0.2) is 18.2 Å². The molecule has 0 saturated carbocycles. The maximum absolute atomic E-state index is 12.5. The predicted octanol–water partition coefficient (Wildman–Crippen LogP) is 0.810. The molecule has 8 heteroatoms. The summed E-state index contributed by atoms with van der Waals surface area (Å²) in [6.07, 6.45) is 0.251. The third kappa shape index (κ3) is 2.02. The third-order valence-corrected chi connectivity index (χ3v) is 4.00. The number of anilines is 1. The van der Waals surface area contributed by atoms with Crippen molar-refractivity contribution in [1.29, 1.82) is 0 Å². The second-order valence-electron chi connectivity index (χ2n) is 4.77. The van der Waals surface area contributed by atoms with E-state index in [2.05, 4.69) is 25.8 Å². The van der Waals surface area contributed by atoms with Crippen LogP contribution < -0.4 is 9.66 Å². The smallest absolute Gasteiger partial charge is 0.264 e. The third-order valence-electron chi connectivity index (χ3n) is 3.57. The van der Waals surface area contributed by atoms with Gasteiger partial charge in [0.15, 0.2) is 0 Å². The lowest BCUT2D eigenvalue weighted by atomic mass is 10.0. The zero-order valence-corrected chi connectivity index (χ0v) is 12.3. The van der Waals surface area contributed by atoms with Gasteiger partial charge in [-0.1, -0.05) is 6.07 Å². The van der Waals surface area contributed by atoms with Gasteiger partial charge in [-0.2, -0.15) is 0 Å². The number of imide groups is 2. The van der Waals surface area contributed by atoms with Gasteiger partial charge in [-0.05, 0) is 18.6 Å². The second kappa shape index (κ2) is 4.96. The van der Waals surface area contributed by atoms with Crippen LogP contribution in [0.1, 0.15) is 33.6 Å². The Morgan fingerprint density at radius 3 is 2.62 bits per heavy atom. The van der Waals surface area contributed by atoms with Crippen LogP contribution in [0.3, 0.4) is 0 Å². The van der Waals surface area contributed by atoms with E-state index in [9.17, 15) is 19.2 Å². The first-order valence-electron chi connectivity index (χ1n) is 6.26. The SMILES string of the molecule is O=C1CCC(N2C(=O)c3cccc(NBr)c3C2=O)C(=O)N1. The number of hydrogen-bond acceptors (Lipinski definition) is 5. The van der Waals surface area contributed by atoms with Crippen LogP contribution >= 0.6 is 16.1 Å². The first-order chi connectivity index (χ1) is 10.0. The molecule has 21 heavy (non-hydrogen) atoms. The number of carbonyl (C=O) groups is 4. The van der Waals surface area contributed by atoms with Crippen molar-refractivity contribution < 1.29 is 19.2 Å². The normalized spacial score (nSPS) is 21.4. The number of fused-ring (bicyclic) bond motifs is 1. The van der Waals surface area contributed by atoms with Crippen molar-refractivity contribution in [2.45, 2.75) is 18.9 Å². The van der Waals surface area contributed by atoms with Crippen molar-refractivity contribution in [3.8, 4) is 0 Å². The number of amides is 4. The summed E-state index contributed by atoms with van der Waals surface area (Å²) in [5.74, 6) is -2.06. The molecule has 1 aromatic carbocycles. The molecule has 0 aliphatic carbocycles. The lowest BCUT2D eigenvalue weighted by molar-refractivity contribution is -0.136. The van der Waals surface area contributed by atoms with E-state index in [0.717, 1.165) is 4.90 Å². The van der Waals surface area contributed by atoms with Gasteiger partial charge in [0.1, 0.15) is 6.04 Å². The maximum Gasteiger partial charge on any atom is 0.264 e. The summed E-state index contributed by atoms with van der Waals surface area (Å²) in [5, 5.41) is 2.15. The molecule has 2 aliphatic rings. The topological polar surface area (TPSA) is 95.6 Å². The number of piperidine rings is 1. The Labute approximate surface area is 128 Å². The number of rotatable bonds is 2. The average molecular weight is 352 g/mol. The van der Waals surface area contributed by atoms with E-state index >= 15 is 0 Å². The molecule has 3 rings (SSSR count). The van der Waals surface area contributed by atoms with E-state index in [1.807, 2.05) is 0 Å². The predicted molar refractivity (Wildman–Crippen MR) is 75.7 cm³/mol. The fraction of sp³-hybridized carbons (Fsp3) is 0.231. The van der Waals surface area contributed by atoms with Crippen molar-refractivity contribution in [3.05, 3.63) is 29.3 Å². The van der Waals surface area contributed by atoms with Crippen molar-refractivity contribution in [1.82, 2.24) is 10.2 Å². The summed E-state index contributed by atoms with van der Waals surface area (Å²) in [5.41, 5.74) is 0.930. The minimum Gasteiger partial charge on any atom is -0.322 e. The number of halogens is 1. The molecular formula is C13H10BrN3O4. The van der Waals surface area contributed by atoms with Crippen LogP contribution in [0.5, 0.6) is 0 Å². The quantitative estimate of drug-likeness (QED) is 0.607. The number of nitrogens with zero attached hydrogens (tertiary/aromatic N) is 1. The molecule has 1 atom stereocenters. The Balaban J connectivity index is 2.00. The Morgan fingerprint density at radius 2 is 1.95 bits per heavy atom. The van der Waals surface area contributed by atoms with Crippen molar-refractivity contribution in [2.75, 3.05) is 4.34 Å². The van der Waals surface area contributed by atoms with Crippen LogP contribution in [-0.2, 0) is 9.59 Å². The molecule has 0 spiro atoms. The molecule has 2 N–H and O–H groups in total. The molecule has 1 unspecified atom stereocenters. The molecule has 1 fully saturated rings. The fourth-order valence-corrected chi connectivity index (χ4v) is 2.92. The van der Waals surface area contributed by atoms with Crippen LogP contribution in [0.4, 0.5) is 5.69 Å². The largest absolute Gasteiger partial charge is 0.322 e. The minimum absolute atomic E-state index is 0.105. The highest BCUT2D eigenvalue weighted by Gasteiger charge is 2.45. The minimum atomic E-state index is -0.946. The Kier molecular flexibility index (Phi) is 3.25. The summed E-state index contributed by atoms with van der Waals surface area (Å²) < 4.78 is 2.68. The van der Waals surface area contributed by atoms with E-state index in [4.69, 9.17) is 0 Å². The lowest BCUT2D eigenvalue weighted by Crippen LogP contribution is -2.54. The van der Waals surface area contributed by atoms with Gasteiger partial charge in [0, 0.05) is 22.6 Å². The highest BCUT2D eigenvalue weighted by atomic mass is 79.9. The number of nitrogens with one attached hydrogen (secondary N) is 2. The van der Waals surface area contributed by atoms with Crippen LogP contribution in [-0.4, -0.2) is 34.6 Å². The van der Waals surface area contributed by atoms with Gasteiger partial charge in [0.25, 0.3) is 11.8 Å². The summed E-state index contributed by atoms with van der Waals surface area (Å²) in [6.45, 7) is 0. The summed E-state index contributed by atoms with van der Waals surface area (Å²) in [7, 11) is 0. The molecule has 1 saturated heterocycles. The van der Waals surface area contributed by atoms with E-state index in [1.165, 1.54) is 6.07 Å². The standard InChI is InChI=1S/C13H10BrN3O4/c14-16-7-3-1-2-6-10(7)13(21)17(12(6)20)8-4-5-9(18)15-11(8)19/h1-3,8,16H,4-5H2,(H,15,18,19). The van der Waals surface area contributed by atoms with Crippen molar-refractivity contribution in [3.63, 3.8) is 0 Å². The second-order valence-corrected chi connectivity index (χ2v) is 5.17. The molecule has 2 aliphatic heterocycles. The summed E-state index contributed by atoms with van der Waals surface area (Å²) in [4.78, 5) is 48.9. The van der Waals surface area contributed by atoms with E-state index < -0.39 is 29.7 Å². The van der Waals surface area contributed by atoms with Crippen LogP contribution in [0.25, 0.3) is 0 Å².